The Morgan fingerprint density at radius 1 is 1.07 bits per heavy atom. The molecule has 6 heteroatoms. The van der Waals surface area contributed by atoms with Crippen LogP contribution in [0.2, 0.25) is 0 Å². The van der Waals surface area contributed by atoms with Gasteiger partial charge in [0.05, 0.1) is 0 Å². The van der Waals surface area contributed by atoms with E-state index < -0.39 is 11.9 Å². The monoisotopic (exact) mass is 364 g/mol. The Hall–Kier alpha value is -3.41. The lowest BCUT2D eigenvalue weighted by molar-refractivity contribution is -0.142. The third kappa shape index (κ3) is 5.28. The van der Waals surface area contributed by atoms with Crippen molar-refractivity contribution in [3.05, 3.63) is 66.2 Å². The number of carbonyl (C=O) groups is 3. The van der Waals surface area contributed by atoms with Gasteiger partial charge in [-0.1, -0.05) is 30.3 Å². The van der Waals surface area contributed by atoms with Gasteiger partial charge in [-0.3, -0.25) is 9.59 Å². The van der Waals surface area contributed by atoms with Gasteiger partial charge in [0.25, 0.3) is 5.91 Å². The highest BCUT2D eigenvalue weighted by Gasteiger charge is 2.21. The molecule has 6 nitrogen and oxygen atoms in total. The van der Waals surface area contributed by atoms with Gasteiger partial charge >= 0.3 is 5.97 Å². The SMILES string of the molecule is O=C(COC(=O)/C=C/c1ccccc1)Nc1ccc(N2CCCC2=O)cc1. The van der Waals surface area contributed by atoms with Crippen LogP contribution in [0.1, 0.15) is 18.4 Å². The fraction of sp³-hybridized carbons (Fsp3) is 0.190. The molecule has 0 aromatic heterocycles. The standard InChI is InChI=1S/C21H20N2O4/c24-19(15-27-21(26)13-8-16-5-2-1-3-6-16)22-17-9-11-18(12-10-17)23-14-4-7-20(23)25/h1-3,5-6,8-13H,4,7,14-15H2,(H,22,24)/b13-8+. The van der Waals surface area contributed by atoms with Crippen molar-refractivity contribution in [2.45, 2.75) is 12.8 Å². The van der Waals surface area contributed by atoms with Gasteiger partial charge in [-0.15, -0.1) is 0 Å². The quantitative estimate of drug-likeness (QED) is 0.631. The number of nitrogens with zero attached hydrogens (tertiary/aromatic N) is 1. The fourth-order valence-electron chi connectivity index (χ4n) is 2.76. The lowest BCUT2D eigenvalue weighted by atomic mass is 10.2. The first kappa shape index (κ1) is 18.4. The summed E-state index contributed by atoms with van der Waals surface area (Å²) in [6.07, 6.45) is 4.34. The van der Waals surface area contributed by atoms with Crippen molar-refractivity contribution in [3.63, 3.8) is 0 Å². The minimum absolute atomic E-state index is 0.113. The lowest BCUT2D eigenvalue weighted by Gasteiger charge is -2.16. The maximum Gasteiger partial charge on any atom is 0.331 e. The molecule has 1 saturated heterocycles. The van der Waals surface area contributed by atoms with Gasteiger partial charge in [-0.2, -0.15) is 0 Å². The average Bonchev–Trinajstić information content (AvgIpc) is 3.12. The molecule has 3 rings (SSSR count). The Labute approximate surface area is 157 Å². The number of hydrogen-bond acceptors (Lipinski definition) is 4. The predicted molar refractivity (Wildman–Crippen MR) is 103 cm³/mol. The predicted octanol–water partition coefficient (Wildman–Crippen LogP) is 3.01. The van der Waals surface area contributed by atoms with Crippen LogP contribution in [0.3, 0.4) is 0 Å². The maximum atomic E-state index is 11.9. The van der Waals surface area contributed by atoms with Crippen molar-refractivity contribution in [1.82, 2.24) is 0 Å². The Kier molecular flexibility index (Phi) is 5.99. The molecular formula is C21H20N2O4. The normalized spacial score (nSPS) is 13.8. The molecule has 0 bridgehead atoms. The minimum atomic E-state index is -0.586. The van der Waals surface area contributed by atoms with E-state index in [0.717, 1.165) is 24.2 Å². The van der Waals surface area contributed by atoms with E-state index in [-0.39, 0.29) is 12.5 Å². The average molecular weight is 364 g/mol. The summed E-state index contributed by atoms with van der Waals surface area (Å²) in [5.41, 5.74) is 2.26. The highest BCUT2D eigenvalue weighted by atomic mass is 16.5. The molecule has 0 spiro atoms. The van der Waals surface area contributed by atoms with Crippen LogP contribution < -0.4 is 10.2 Å². The molecule has 0 saturated carbocycles. The summed E-state index contributed by atoms with van der Waals surface area (Å²) in [5, 5.41) is 2.66. The van der Waals surface area contributed by atoms with Crippen molar-refractivity contribution >= 4 is 35.2 Å². The molecular weight excluding hydrogens is 344 g/mol. The molecule has 1 aliphatic rings. The number of hydrogen-bond donors (Lipinski definition) is 1. The first-order valence-electron chi connectivity index (χ1n) is 8.72. The third-order valence-electron chi connectivity index (χ3n) is 4.09. The highest BCUT2D eigenvalue weighted by molar-refractivity contribution is 5.97. The molecule has 1 N–H and O–H groups in total. The van der Waals surface area contributed by atoms with Crippen LogP contribution in [0.15, 0.2) is 60.7 Å². The van der Waals surface area contributed by atoms with E-state index in [1.54, 1.807) is 35.2 Å². The van der Waals surface area contributed by atoms with Gasteiger partial charge in [0, 0.05) is 30.4 Å². The van der Waals surface area contributed by atoms with Crippen molar-refractivity contribution in [1.29, 1.82) is 0 Å². The second kappa shape index (κ2) is 8.80. The first-order valence-corrected chi connectivity index (χ1v) is 8.72. The van der Waals surface area contributed by atoms with E-state index in [2.05, 4.69) is 5.32 Å². The van der Waals surface area contributed by atoms with E-state index in [9.17, 15) is 14.4 Å². The Balaban J connectivity index is 1.45. The van der Waals surface area contributed by atoms with Crippen molar-refractivity contribution in [2.24, 2.45) is 0 Å². The number of anilines is 2. The van der Waals surface area contributed by atoms with Crippen LogP contribution in [0.25, 0.3) is 6.08 Å². The molecule has 2 aromatic carbocycles. The van der Waals surface area contributed by atoms with Crippen molar-refractivity contribution in [3.8, 4) is 0 Å². The summed E-state index contributed by atoms with van der Waals surface area (Å²) >= 11 is 0. The van der Waals surface area contributed by atoms with Crippen LogP contribution >= 0.6 is 0 Å². The number of esters is 1. The molecule has 2 aromatic rings. The second-order valence-electron chi connectivity index (χ2n) is 6.10. The van der Waals surface area contributed by atoms with Crippen LogP contribution in [-0.2, 0) is 19.1 Å². The van der Waals surface area contributed by atoms with E-state index in [0.29, 0.717) is 12.1 Å². The van der Waals surface area contributed by atoms with E-state index >= 15 is 0 Å². The lowest BCUT2D eigenvalue weighted by Crippen LogP contribution is -2.23. The Bertz CT molecular complexity index is 844. The molecule has 1 fully saturated rings. The van der Waals surface area contributed by atoms with Gasteiger partial charge in [0.2, 0.25) is 5.91 Å². The zero-order valence-electron chi connectivity index (χ0n) is 14.8. The van der Waals surface area contributed by atoms with Crippen LogP contribution in [0.4, 0.5) is 11.4 Å². The zero-order chi connectivity index (χ0) is 19.1. The van der Waals surface area contributed by atoms with Gasteiger partial charge in [0.15, 0.2) is 6.61 Å². The number of ether oxygens (including phenoxy) is 1. The molecule has 2 amide bonds. The summed E-state index contributed by atoms with van der Waals surface area (Å²) in [7, 11) is 0. The van der Waals surface area contributed by atoms with Crippen LogP contribution in [0.5, 0.6) is 0 Å². The van der Waals surface area contributed by atoms with Gasteiger partial charge in [0.1, 0.15) is 0 Å². The summed E-state index contributed by atoms with van der Waals surface area (Å²) in [6, 6.07) is 16.3. The summed E-state index contributed by atoms with van der Waals surface area (Å²) in [4.78, 5) is 37.0. The molecule has 138 valence electrons. The number of amides is 2. The first-order chi connectivity index (χ1) is 13.1. The number of rotatable bonds is 6. The number of nitrogens with one attached hydrogen (secondary N) is 1. The van der Waals surface area contributed by atoms with Crippen LogP contribution in [0, 0.1) is 0 Å². The number of carbonyl (C=O) groups excluding carboxylic acids is 3. The van der Waals surface area contributed by atoms with Gasteiger partial charge < -0.3 is 15.0 Å². The zero-order valence-corrected chi connectivity index (χ0v) is 14.8. The molecule has 0 aliphatic carbocycles. The molecule has 1 heterocycles. The third-order valence-corrected chi connectivity index (χ3v) is 4.09. The second-order valence-corrected chi connectivity index (χ2v) is 6.10. The Morgan fingerprint density at radius 2 is 1.81 bits per heavy atom. The van der Waals surface area contributed by atoms with Gasteiger partial charge in [-0.05, 0) is 42.3 Å². The Morgan fingerprint density at radius 3 is 2.48 bits per heavy atom. The largest absolute Gasteiger partial charge is 0.452 e. The molecule has 0 atom stereocenters. The fourth-order valence-corrected chi connectivity index (χ4v) is 2.76. The van der Waals surface area contributed by atoms with Crippen molar-refractivity contribution in [2.75, 3.05) is 23.4 Å². The minimum Gasteiger partial charge on any atom is -0.452 e. The summed E-state index contributed by atoms with van der Waals surface area (Å²) in [5.74, 6) is -0.902. The summed E-state index contributed by atoms with van der Waals surface area (Å²) < 4.78 is 4.93. The molecule has 0 radical (unpaired) electrons. The van der Waals surface area contributed by atoms with Crippen molar-refractivity contribution < 1.29 is 19.1 Å². The molecule has 27 heavy (non-hydrogen) atoms. The highest BCUT2D eigenvalue weighted by Crippen LogP contribution is 2.22. The smallest absolute Gasteiger partial charge is 0.331 e. The topological polar surface area (TPSA) is 75.7 Å². The summed E-state index contributed by atoms with van der Waals surface area (Å²) in [6.45, 7) is 0.349. The molecule has 0 unspecified atom stereocenters. The van der Waals surface area contributed by atoms with E-state index in [1.807, 2.05) is 30.3 Å². The van der Waals surface area contributed by atoms with E-state index in [1.165, 1.54) is 6.08 Å². The van der Waals surface area contributed by atoms with Gasteiger partial charge in [-0.25, -0.2) is 4.79 Å². The maximum absolute atomic E-state index is 11.9. The molecule has 1 aliphatic heterocycles. The number of benzene rings is 2. The van der Waals surface area contributed by atoms with E-state index in [4.69, 9.17) is 4.74 Å². The van der Waals surface area contributed by atoms with Crippen LogP contribution in [-0.4, -0.2) is 30.9 Å².